The number of rotatable bonds is 3. The van der Waals surface area contributed by atoms with E-state index in [0.29, 0.717) is 12.5 Å². The Morgan fingerprint density at radius 1 is 1.41 bits per heavy atom. The summed E-state index contributed by atoms with van der Waals surface area (Å²) in [4.78, 5) is 11.7. The van der Waals surface area contributed by atoms with Crippen LogP contribution >= 0.6 is 0 Å². The lowest BCUT2D eigenvalue weighted by atomic mass is 10.1. The molecule has 2 atom stereocenters. The maximum absolute atomic E-state index is 13.3. The molecule has 17 heavy (non-hydrogen) atoms. The van der Waals surface area contributed by atoms with E-state index in [0.717, 1.165) is 19.3 Å². The van der Waals surface area contributed by atoms with Crippen molar-refractivity contribution in [3.8, 4) is 0 Å². The van der Waals surface area contributed by atoms with Crippen LogP contribution in [-0.4, -0.2) is 18.5 Å². The van der Waals surface area contributed by atoms with Crippen LogP contribution < -0.4 is 11.1 Å². The van der Waals surface area contributed by atoms with Crippen LogP contribution in [0, 0.1) is 11.7 Å². The molecule has 0 aromatic heterocycles. The van der Waals surface area contributed by atoms with Gasteiger partial charge >= 0.3 is 0 Å². The number of hydrogen-bond acceptors (Lipinski definition) is 2. The number of benzene rings is 1. The zero-order valence-corrected chi connectivity index (χ0v) is 9.66. The van der Waals surface area contributed by atoms with Gasteiger partial charge in [-0.1, -0.05) is 12.1 Å². The molecule has 3 N–H and O–H groups in total. The SMILES string of the molecule is N[C@@H]1CC[C@H](CNC(=O)c2ccccc2F)C1. The monoisotopic (exact) mass is 236 g/mol. The Kier molecular flexibility index (Phi) is 3.74. The standard InChI is InChI=1S/C13H17FN2O/c14-12-4-2-1-3-11(12)13(17)16-8-9-5-6-10(15)7-9/h1-4,9-10H,5-8,15H2,(H,16,17)/t9-,10+/m0/s1. The van der Waals surface area contributed by atoms with Crippen molar-refractivity contribution in [2.75, 3.05) is 6.54 Å². The maximum atomic E-state index is 13.3. The van der Waals surface area contributed by atoms with Gasteiger partial charge in [0.2, 0.25) is 0 Å². The van der Waals surface area contributed by atoms with Crippen LogP contribution in [0.2, 0.25) is 0 Å². The van der Waals surface area contributed by atoms with Gasteiger partial charge in [-0.25, -0.2) is 4.39 Å². The molecule has 1 aliphatic carbocycles. The summed E-state index contributed by atoms with van der Waals surface area (Å²) in [5.41, 5.74) is 5.90. The summed E-state index contributed by atoms with van der Waals surface area (Å²) >= 11 is 0. The van der Waals surface area contributed by atoms with E-state index in [2.05, 4.69) is 5.32 Å². The Labute approximate surface area is 100 Å². The van der Waals surface area contributed by atoms with E-state index in [-0.39, 0.29) is 17.5 Å². The molecule has 0 aliphatic heterocycles. The number of carbonyl (C=O) groups is 1. The van der Waals surface area contributed by atoms with E-state index in [1.807, 2.05) is 0 Å². The topological polar surface area (TPSA) is 55.1 Å². The molecule has 1 aromatic carbocycles. The fourth-order valence-electron chi connectivity index (χ4n) is 2.28. The minimum absolute atomic E-state index is 0.106. The molecule has 1 fully saturated rings. The van der Waals surface area contributed by atoms with E-state index >= 15 is 0 Å². The van der Waals surface area contributed by atoms with Crippen molar-refractivity contribution in [1.29, 1.82) is 0 Å². The van der Waals surface area contributed by atoms with Gasteiger partial charge in [0.05, 0.1) is 5.56 Å². The average molecular weight is 236 g/mol. The van der Waals surface area contributed by atoms with Gasteiger partial charge in [-0.3, -0.25) is 4.79 Å². The smallest absolute Gasteiger partial charge is 0.254 e. The van der Waals surface area contributed by atoms with E-state index in [4.69, 9.17) is 5.73 Å². The summed E-state index contributed by atoms with van der Waals surface area (Å²) in [6.45, 7) is 0.584. The fourth-order valence-corrected chi connectivity index (χ4v) is 2.28. The second-order valence-corrected chi connectivity index (χ2v) is 4.63. The maximum Gasteiger partial charge on any atom is 0.254 e. The van der Waals surface area contributed by atoms with E-state index in [1.165, 1.54) is 12.1 Å². The normalized spacial score (nSPS) is 23.6. The molecule has 1 aliphatic rings. The number of hydrogen-bond donors (Lipinski definition) is 2. The molecule has 2 rings (SSSR count). The quantitative estimate of drug-likeness (QED) is 0.839. The molecule has 0 bridgehead atoms. The lowest BCUT2D eigenvalue weighted by molar-refractivity contribution is 0.0943. The van der Waals surface area contributed by atoms with Crippen molar-refractivity contribution in [1.82, 2.24) is 5.32 Å². The Balaban J connectivity index is 1.88. The van der Waals surface area contributed by atoms with E-state index < -0.39 is 5.82 Å². The Bertz CT molecular complexity index is 408. The van der Waals surface area contributed by atoms with Crippen molar-refractivity contribution < 1.29 is 9.18 Å². The Morgan fingerprint density at radius 3 is 2.82 bits per heavy atom. The van der Waals surface area contributed by atoms with Crippen LogP contribution in [0.25, 0.3) is 0 Å². The van der Waals surface area contributed by atoms with Crippen LogP contribution in [-0.2, 0) is 0 Å². The lowest BCUT2D eigenvalue weighted by Gasteiger charge is -2.11. The van der Waals surface area contributed by atoms with Crippen LogP contribution in [0.15, 0.2) is 24.3 Å². The summed E-state index contributed by atoms with van der Waals surface area (Å²) in [6.07, 6.45) is 3.00. The van der Waals surface area contributed by atoms with Crippen LogP contribution in [0.4, 0.5) is 4.39 Å². The van der Waals surface area contributed by atoms with Crippen molar-refractivity contribution in [3.05, 3.63) is 35.6 Å². The predicted molar refractivity (Wildman–Crippen MR) is 64.0 cm³/mol. The largest absolute Gasteiger partial charge is 0.352 e. The molecule has 3 nitrogen and oxygen atoms in total. The van der Waals surface area contributed by atoms with Gasteiger partial charge in [0, 0.05) is 12.6 Å². The first-order valence-corrected chi connectivity index (χ1v) is 5.95. The zero-order valence-electron chi connectivity index (χ0n) is 9.66. The molecule has 0 heterocycles. The van der Waals surface area contributed by atoms with Gasteiger partial charge in [-0.2, -0.15) is 0 Å². The molecule has 92 valence electrons. The van der Waals surface area contributed by atoms with Gasteiger partial charge in [0.1, 0.15) is 5.82 Å². The second kappa shape index (κ2) is 5.27. The Morgan fingerprint density at radius 2 is 2.18 bits per heavy atom. The fraction of sp³-hybridized carbons (Fsp3) is 0.462. The van der Waals surface area contributed by atoms with Crippen LogP contribution in [0.3, 0.4) is 0 Å². The summed E-state index contributed by atoms with van der Waals surface area (Å²) in [6, 6.07) is 6.27. The van der Waals surface area contributed by atoms with E-state index in [9.17, 15) is 9.18 Å². The highest BCUT2D eigenvalue weighted by molar-refractivity contribution is 5.94. The molecule has 0 spiro atoms. The first-order chi connectivity index (χ1) is 8.16. The van der Waals surface area contributed by atoms with Crippen molar-refractivity contribution in [2.45, 2.75) is 25.3 Å². The van der Waals surface area contributed by atoms with E-state index in [1.54, 1.807) is 12.1 Å². The molecule has 0 unspecified atom stereocenters. The van der Waals surface area contributed by atoms with Crippen LogP contribution in [0.5, 0.6) is 0 Å². The van der Waals surface area contributed by atoms with Gasteiger partial charge < -0.3 is 11.1 Å². The number of nitrogens with one attached hydrogen (secondary N) is 1. The van der Waals surface area contributed by atoms with Crippen molar-refractivity contribution in [3.63, 3.8) is 0 Å². The van der Waals surface area contributed by atoms with Crippen LogP contribution in [0.1, 0.15) is 29.6 Å². The number of amides is 1. The summed E-state index contributed by atoms with van der Waals surface area (Å²) < 4.78 is 13.3. The molecular weight excluding hydrogens is 219 g/mol. The first-order valence-electron chi connectivity index (χ1n) is 5.95. The molecular formula is C13H17FN2O. The lowest BCUT2D eigenvalue weighted by Crippen LogP contribution is -2.29. The summed E-state index contributed by atoms with van der Waals surface area (Å²) in [7, 11) is 0. The molecule has 0 saturated heterocycles. The molecule has 1 saturated carbocycles. The molecule has 1 aromatic rings. The molecule has 4 heteroatoms. The third kappa shape index (κ3) is 3.03. The van der Waals surface area contributed by atoms with Gasteiger partial charge in [0.25, 0.3) is 5.91 Å². The zero-order chi connectivity index (χ0) is 12.3. The second-order valence-electron chi connectivity index (χ2n) is 4.63. The Hall–Kier alpha value is -1.42. The van der Waals surface area contributed by atoms with Crippen molar-refractivity contribution >= 4 is 5.91 Å². The number of carbonyl (C=O) groups excluding carboxylic acids is 1. The molecule has 1 amide bonds. The minimum atomic E-state index is -0.479. The third-order valence-corrected chi connectivity index (χ3v) is 3.25. The third-order valence-electron chi connectivity index (χ3n) is 3.25. The predicted octanol–water partition coefficient (Wildman–Crippen LogP) is 1.68. The average Bonchev–Trinajstić information content (AvgIpc) is 2.73. The van der Waals surface area contributed by atoms with Gasteiger partial charge in [0.15, 0.2) is 0 Å². The highest BCUT2D eigenvalue weighted by Crippen LogP contribution is 2.23. The number of nitrogens with two attached hydrogens (primary N) is 1. The highest BCUT2D eigenvalue weighted by Gasteiger charge is 2.22. The minimum Gasteiger partial charge on any atom is -0.352 e. The summed E-state index contributed by atoms with van der Waals surface area (Å²) in [5, 5.41) is 2.77. The van der Waals surface area contributed by atoms with Gasteiger partial charge in [-0.15, -0.1) is 0 Å². The highest BCUT2D eigenvalue weighted by atomic mass is 19.1. The van der Waals surface area contributed by atoms with Crippen molar-refractivity contribution in [2.24, 2.45) is 11.7 Å². The number of halogens is 1. The first kappa shape index (κ1) is 12.0. The summed E-state index contributed by atoms with van der Waals surface area (Å²) in [5.74, 6) is -0.391. The molecule has 0 radical (unpaired) electrons. The van der Waals surface area contributed by atoms with Gasteiger partial charge in [-0.05, 0) is 37.3 Å².